The van der Waals surface area contributed by atoms with Gasteiger partial charge in [-0.25, -0.2) is 0 Å². The number of ether oxygens (including phenoxy) is 2. The third-order valence-electron chi connectivity index (χ3n) is 3.83. The molecule has 18 heavy (non-hydrogen) atoms. The topological polar surface area (TPSA) is 30.5 Å². The molecule has 0 spiro atoms. The van der Waals surface area contributed by atoms with Gasteiger partial charge in [0, 0.05) is 18.2 Å². The van der Waals surface area contributed by atoms with E-state index in [1.54, 1.807) is 0 Å². The predicted molar refractivity (Wildman–Crippen MR) is 70.9 cm³/mol. The average molecular weight is 247 g/mol. The zero-order valence-corrected chi connectivity index (χ0v) is 11.1. The zero-order valence-electron chi connectivity index (χ0n) is 11.1. The smallest absolute Gasteiger partial charge is 0.124 e. The maximum Gasteiger partial charge on any atom is 0.124 e. The molecule has 0 saturated carbocycles. The molecule has 0 bridgehead atoms. The highest BCUT2D eigenvalue weighted by Gasteiger charge is 2.32. The Labute approximate surface area is 108 Å². The van der Waals surface area contributed by atoms with E-state index < -0.39 is 0 Å². The van der Waals surface area contributed by atoms with Crippen molar-refractivity contribution in [2.45, 2.75) is 44.4 Å². The maximum absolute atomic E-state index is 5.76. The first-order chi connectivity index (χ1) is 8.64. The van der Waals surface area contributed by atoms with Crippen molar-refractivity contribution < 1.29 is 9.47 Å². The molecule has 3 rings (SSSR count). The molecule has 3 nitrogen and oxygen atoms in total. The summed E-state index contributed by atoms with van der Waals surface area (Å²) in [6.07, 6.45) is 2.15. The highest BCUT2D eigenvalue weighted by atomic mass is 16.5. The number of rotatable bonds is 2. The van der Waals surface area contributed by atoms with Gasteiger partial charge in [0.15, 0.2) is 0 Å². The normalized spacial score (nSPS) is 29.7. The fraction of sp³-hybridized carbons (Fsp3) is 0.600. The number of para-hydroxylation sites is 1. The van der Waals surface area contributed by atoms with Crippen molar-refractivity contribution in [1.82, 2.24) is 5.32 Å². The fourth-order valence-corrected chi connectivity index (χ4v) is 2.96. The van der Waals surface area contributed by atoms with Crippen molar-refractivity contribution in [2.24, 2.45) is 0 Å². The SMILES string of the molecule is CC1(C)CC(NC2COc3ccccc32)CCO1. The van der Waals surface area contributed by atoms with Crippen molar-refractivity contribution >= 4 is 0 Å². The van der Waals surface area contributed by atoms with Crippen LogP contribution in [-0.2, 0) is 4.74 Å². The Morgan fingerprint density at radius 3 is 2.94 bits per heavy atom. The molecule has 2 heterocycles. The molecule has 0 radical (unpaired) electrons. The van der Waals surface area contributed by atoms with Gasteiger partial charge in [0.05, 0.1) is 11.6 Å². The summed E-state index contributed by atoms with van der Waals surface area (Å²) in [6, 6.07) is 9.16. The van der Waals surface area contributed by atoms with Crippen LogP contribution in [0.3, 0.4) is 0 Å². The summed E-state index contributed by atoms with van der Waals surface area (Å²) in [4.78, 5) is 0. The summed E-state index contributed by atoms with van der Waals surface area (Å²) in [6.45, 7) is 5.93. The summed E-state index contributed by atoms with van der Waals surface area (Å²) in [5.41, 5.74) is 1.29. The van der Waals surface area contributed by atoms with Gasteiger partial charge in [0.25, 0.3) is 0 Å². The molecule has 0 aliphatic carbocycles. The molecule has 98 valence electrons. The van der Waals surface area contributed by atoms with Gasteiger partial charge in [-0.3, -0.25) is 0 Å². The Morgan fingerprint density at radius 2 is 2.11 bits per heavy atom. The second kappa shape index (κ2) is 4.56. The minimum Gasteiger partial charge on any atom is -0.491 e. The van der Waals surface area contributed by atoms with E-state index in [0.29, 0.717) is 12.1 Å². The minimum atomic E-state index is -0.00506. The lowest BCUT2D eigenvalue weighted by Gasteiger charge is -2.37. The van der Waals surface area contributed by atoms with Crippen molar-refractivity contribution in [3.63, 3.8) is 0 Å². The number of benzene rings is 1. The Hall–Kier alpha value is -1.06. The molecular formula is C15H21NO2. The first-order valence-electron chi connectivity index (χ1n) is 6.76. The van der Waals surface area contributed by atoms with Crippen molar-refractivity contribution in [2.75, 3.05) is 13.2 Å². The Bertz CT molecular complexity index is 430. The molecule has 1 aromatic rings. The van der Waals surface area contributed by atoms with Crippen LogP contribution in [0.5, 0.6) is 5.75 Å². The summed E-state index contributed by atoms with van der Waals surface area (Å²) in [5, 5.41) is 3.72. The van der Waals surface area contributed by atoms with Gasteiger partial charge in [0.2, 0.25) is 0 Å². The number of nitrogens with one attached hydrogen (secondary N) is 1. The highest BCUT2D eigenvalue weighted by molar-refractivity contribution is 5.39. The van der Waals surface area contributed by atoms with E-state index in [1.807, 2.05) is 12.1 Å². The van der Waals surface area contributed by atoms with Gasteiger partial charge < -0.3 is 14.8 Å². The molecule has 2 aliphatic rings. The van der Waals surface area contributed by atoms with Gasteiger partial charge in [0.1, 0.15) is 12.4 Å². The van der Waals surface area contributed by atoms with Crippen LogP contribution in [0.2, 0.25) is 0 Å². The van der Waals surface area contributed by atoms with Crippen LogP contribution >= 0.6 is 0 Å². The molecule has 2 unspecified atom stereocenters. The molecule has 2 atom stereocenters. The van der Waals surface area contributed by atoms with Crippen LogP contribution in [0.25, 0.3) is 0 Å². The van der Waals surface area contributed by atoms with Gasteiger partial charge in [-0.2, -0.15) is 0 Å². The molecule has 0 aromatic heterocycles. The summed E-state index contributed by atoms with van der Waals surface area (Å²) in [7, 11) is 0. The molecule has 1 aromatic carbocycles. The Morgan fingerprint density at radius 1 is 1.28 bits per heavy atom. The lowest BCUT2D eigenvalue weighted by molar-refractivity contribution is -0.0644. The maximum atomic E-state index is 5.76. The van der Waals surface area contributed by atoms with E-state index in [2.05, 4.69) is 31.3 Å². The quantitative estimate of drug-likeness (QED) is 0.871. The van der Waals surface area contributed by atoms with Crippen LogP contribution < -0.4 is 10.1 Å². The Balaban J connectivity index is 1.68. The van der Waals surface area contributed by atoms with Gasteiger partial charge in [-0.05, 0) is 32.8 Å². The standard InChI is InChI=1S/C15H21NO2/c1-15(2)9-11(7-8-18-15)16-13-10-17-14-6-4-3-5-12(13)14/h3-6,11,13,16H,7-10H2,1-2H3. The van der Waals surface area contributed by atoms with Crippen LogP contribution in [0.15, 0.2) is 24.3 Å². The lowest BCUT2D eigenvalue weighted by Crippen LogP contribution is -2.45. The van der Waals surface area contributed by atoms with E-state index >= 15 is 0 Å². The molecule has 2 aliphatic heterocycles. The first-order valence-corrected chi connectivity index (χ1v) is 6.76. The lowest BCUT2D eigenvalue weighted by atomic mass is 9.93. The summed E-state index contributed by atoms with van der Waals surface area (Å²) in [5.74, 6) is 1.03. The number of fused-ring (bicyclic) bond motifs is 1. The molecule has 1 N–H and O–H groups in total. The third-order valence-corrected chi connectivity index (χ3v) is 3.83. The monoisotopic (exact) mass is 247 g/mol. The van der Waals surface area contributed by atoms with Gasteiger partial charge in [-0.15, -0.1) is 0 Å². The molecule has 0 amide bonds. The molecule has 1 fully saturated rings. The number of hydrogen-bond donors (Lipinski definition) is 1. The van der Waals surface area contributed by atoms with Crippen molar-refractivity contribution in [1.29, 1.82) is 0 Å². The van der Waals surface area contributed by atoms with Crippen LogP contribution in [0.4, 0.5) is 0 Å². The van der Waals surface area contributed by atoms with E-state index in [9.17, 15) is 0 Å². The van der Waals surface area contributed by atoms with E-state index in [-0.39, 0.29) is 5.60 Å². The second-order valence-electron chi connectivity index (χ2n) is 5.87. The average Bonchev–Trinajstić information content (AvgIpc) is 2.72. The predicted octanol–water partition coefficient (Wildman–Crippen LogP) is 2.67. The fourth-order valence-electron chi connectivity index (χ4n) is 2.96. The molecule has 1 saturated heterocycles. The third kappa shape index (κ3) is 2.38. The highest BCUT2D eigenvalue weighted by Crippen LogP contribution is 2.33. The largest absolute Gasteiger partial charge is 0.491 e. The van der Waals surface area contributed by atoms with E-state index in [0.717, 1.165) is 31.8 Å². The van der Waals surface area contributed by atoms with Crippen LogP contribution in [0.1, 0.15) is 38.3 Å². The second-order valence-corrected chi connectivity index (χ2v) is 5.87. The molecule has 3 heteroatoms. The summed E-state index contributed by atoms with van der Waals surface area (Å²) < 4.78 is 11.5. The zero-order chi connectivity index (χ0) is 12.6. The van der Waals surface area contributed by atoms with E-state index in [1.165, 1.54) is 5.56 Å². The van der Waals surface area contributed by atoms with Gasteiger partial charge >= 0.3 is 0 Å². The Kier molecular flexibility index (Phi) is 3.04. The number of hydrogen-bond acceptors (Lipinski definition) is 3. The first kappa shape index (κ1) is 12.0. The molecular weight excluding hydrogens is 226 g/mol. The minimum absolute atomic E-state index is 0.00506. The van der Waals surface area contributed by atoms with Crippen molar-refractivity contribution in [3.8, 4) is 5.75 Å². The van der Waals surface area contributed by atoms with Crippen LogP contribution in [0, 0.1) is 0 Å². The summed E-state index contributed by atoms with van der Waals surface area (Å²) >= 11 is 0. The van der Waals surface area contributed by atoms with Crippen LogP contribution in [-0.4, -0.2) is 24.9 Å². The van der Waals surface area contributed by atoms with Crippen molar-refractivity contribution in [3.05, 3.63) is 29.8 Å². The van der Waals surface area contributed by atoms with E-state index in [4.69, 9.17) is 9.47 Å². The van der Waals surface area contributed by atoms with Gasteiger partial charge in [-0.1, -0.05) is 18.2 Å².